The molecule has 30 heavy (non-hydrogen) atoms. The van der Waals surface area contributed by atoms with Crippen LogP contribution in [-0.2, 0) is 4.79 Å². The first kappa shape index (κ1) is 19.8. The number of piperidine rings is 1. The van der Waals surface area contributed by atoms with Gasteiger partial charge in [-0.1, -0.05) is 18.2 Å². The second-order valence-electron chi connectivity index (χ2n) is 7.29. The number of aromatic nitrogens is 1. The van der Waals surface area contributed by atoms with Crippen molar-refractivity contribution in [1.82, 2.24) is 15.2 Å². The van der Waals surface area contributed by atoms with Crippen molar-refractivity contribution in [1.29, 1.82) is 0 Å². The molecule has 4 rings (SSSR count). The monoisotopic (exact) mass is 407 g/mol. The fourth-order valence-electron chi connectivity index (χ4n) is 3.69. The van der Waals surface area contributed by atoms with E-state index in [-0.39, 0.29) is 23.5 Å². The third-order valence-corrected chi connectivity index (χ3v) is 5.36. The highest BCUT2D eigenvalue weighted by Crippen LogP contribution is 2.24. The van der Waals surface area contributed by atoms with Crippen molar-refractivity contribution in [3.63, 3.8) is 0 Å². The van der Waals surface area contributed by atoms with Crippen molar-refractivity contribution in [2.24, 2.45) is 5.92 Å². The predicted octanol–water partition coefficient (Wildman–Crippen LogP) is 3.57. The lowest BCUT2D eigenvalue weighted by Crippen LogP contribution is -2.43. The molecule has 1 atom stereocenters. The molecule has 0 radical (unpaired) electrons. The molecule has 1 unspecified atom stereocenters. The normalized spacial score (nSPS) is 15.6. The van der Waals surface area contributed by atoms with Crippen LogP contribution in [0.2, 0.25) is 0 Å². The SMILES string of the molecule is O=C(NC(c1ccc(F)cc1)c1ccccn1)C1CCN(C(=O)c2ccco2)CC1. The Labute approximate surface area is 173 Å². The average Bonchev–Trinajstić information content (AvgIpc) is 3.33. The van der Waals surface area contributed by atoms with Crippen LogP contribution in [0, 0.1) is 11.7 Å². The number of likely N-dealkylation sites (tertiary alicyclic amines) is 1. The fourth-order valence-corrected chi connectivity index (χ4v) is 3.69. The van der Waals surface area contributed by atoms with Crippen molar-refractivity contribution >= 4 is 11.8 Å². The van der Waals surface area contributed by atoms with Crippen LogP contribution in [0.1, 0.15) is 40.7 Å². The maximum Gasteiger partial charge on any atom is 0.289 e. The Hall–Kier alpha value is -3.48. The number of halogens is 1. The van der Waals surface area contributed by atoms with Crippen LogP contribution in [0.3, 0.4) is 0 Å². The number of hydrogen-bond acceptors (Lipinski definition) is 4. The van der Waals surface area contributed by atoms with Gasteiger partial charge in [0.15, 0.2) is 5.76 Å². The van der Waals surface area contributed by atoms with E-state index in [9.17, 15) is 14.0 Å². The van der Waals surface area contributed by atoms with Gasteiger partial charge in [0.2, 0.25) is 5.91 Å². The lowest BCUT2D eigenvalue weighted by molar-refractivity contribution is -0.126. The molecule has 2 amide bonds. The molecule has 7 heteroatoms. The van der Waals surface area contributed by atoms with E-state index in [2.05, 4.69) is 10.3 Å². The Bertz CT molecular complexity index is 982. The number of nitrogens with one attached hydrogen (secondary N) is 1. The number of nitrogens with zero attached hydrogens (tertiary/aromatic N) is 2. The first-order chi connectivity index (χ1) is 14.6. The van der Waals surface area contributed by atoms with Gasteiger partial charge in [0, 0.05) is 25.2 Å². The van der Waals surface area contributed by atoms with E-state index in [1.807, 2.05) is 12.1 Å². The lowest BCUT2D eigenvalue weighted by atomic mass is 9.94. The molecular formula is C23H22FN3O3. The van der Waals surface area contributed by atoms with Gasteiger partial charge in [-0.25, -0.2) is 4.39 Å². The Morgan fingerprint density at radius 3 is 2.47 bits per heavy atom. The Kier molecular flexibility index (Phi) is 5.88. The van der Waals surface area contributed by atoms with Crippen LogP contribution in [-0.4, -0.2) is 34.8 Å². The summed E-state index contributed by atoms with van der Waals surface area (Å²) in [4.78, 5) is 31.5. The smallest absolute Gasteiger partial charge is 0.289 e. The van der Waals surface area contributed by atoms with Crippen LogP contribution < -0.4 is 5.32 Å². The summed E-state index contributed by atoms with van der Waals surface area (Å²) in [5.74, 6) is -0.489. The predicted molar refractivity (Wildman–Crippen MR) is 108 cm³/mol. The summed E-state index contributed by atoms with van der Waals surface area (Å²) in [5, 5.41) is 3.06. The summed E-state index contributed by atoms with van der Waals surface area (Å²) < 4.78 is 18.5. The highest BCUT2D eigenvalue weighted by Gasteiger charge is 2.30. The van der Waals surface area contributed by atoms with E-state index in [0.29, 0.717) is 37.4 Å². The molecule has 2 aromatic heterocycles. The summed E-state index contributed by atoms with van der Waals surface area (Å²) in [5.41, 5.74) is 1.44. The number of benzene rings is 1. The zero-order valence-corrected chi connectivity index (χ0v) is 16.3. The Balaban J connectivity index is 1.43. The largest absolute Gasteiger partial charge is 0.459 e. The first-order valence-corrected chi connectivity index (χ1v) is 9.91. The Morgan fingerprint density at radius 2 is 1.83 bits per heavy atom. The van der Waals surface area contributed by atoms with Gasteiger partial charge in [0.05, 0.1) is 18.0 Å². The summed E-state index contributed by atoms with van der Waals surface area (Å²) >= 11 is 0. The standard InChI is InChI=1S/C23H22FN3O3/c24-18-8-6-16(7-9-18)21(19-4-1-2-12-25-19)26-22(28)17-10-13-27(14-11-17)23(29)20-5-3-15-30-20/h1-9,12,15,17,21H,10-11,13-14H2,(H,26,28). The van der Waals surface area contributed by atoms with Gasteiger partial charge in [0.1, 0.15) is 5.82 Å². The minimum Gasteiger partial charge on any atom is -0.459 e. The minimum atomic E-state index is -0.470. The molecule has 1 aliphatic heterocycles. The topological polar surface area (TPSA) is 75.4 Å². The molecule has 3 heterocycles. The zero-order chi connectivity index (χ0) is 20.9. The Morgan fingerprint density at radius 1 is 1.07 bits per heavy atom. The molecule has 0 bridgehead atoms. The molecule has 1 N–H and O–H groups in total. The average molecular weight is 407 g/mol. The van der Waals surface area contributed by atoms with Gasteiger partial charge in [-0.15, -0.1) is 0 Å². The van der Waals surface area contributed by atoms with Gasteiger partial charge in [-0.2, -0.15) is 0 Å². The molecule has 0 saturated carbocycles. The highest BCUT2D eigenvalue weighted by molar-refractivity contribution is 5.91. The molecule has 3 aromatic rings. The van der Waals surface area contributed by atoms with Crippen LogP contribution in [0.4, 0.5) is 4.39 Å². The number of rotatable bonds is 5. The van der Waals surface area contributed by atoms with Gasteiger partial charge in [-0.3, -0.25) is 14.6 Å². The highest BCUT2D eigenvalue weighted by atomic mass is 19.1. The number of furan rings is 1. The summed E-state index contributed by atoms with van der Waals surface area (Å²) in [6.07, 6.45) is 4.27. The third-order valence-electron chi connectivity index (χ3n) is 5.36. The van der Waals surface area contributed by atoms with E-state index in [0.717, 1.165) is 5.56 Å². The molecule has 154 valence electrons. The molecular weight excluding hydrogens is 385 g/mol. The summed E-state index contributed by atoms with van der Waals surface area (Å²) in [6, 6.07) is 14.4. The lowest BCUT2D eigenvalue weighted by Gasteiger charge is -2.31. The second-order valence-corrected chi connectivity index (χ2v) is 7.29. The first-order valence-electron chi connectivity index (χ1n) is 9.91. The van der Waals surface area contributed by atoms with Crippen molar-refractivity contribution in [2.75, 3.05) is 13.1 Å². The summed E-state index contributed by atoms with van der Waals surface area (Å²) in [7, 11) is 0. The van der Waals surface area contributed by atoms with Crippen LogP contribution in [0.25, 0.3) is 0 Å². The van der Waals surface area contributed by atoms with Crippen molar-refractivity contribution < 1.29 is 18.4 Å². The number of carbonyl (C=O) groups is 2. The van der Waals surface area contributed by atoms with E-state index in [1.165, 1.54) is 18.4 Å². The maximum absolute atomic E-state index is 13.4. The molecule has 6 nitrogen and oxygen atoms in total. The van der Waals surface area contributed by atoms with Crippen LogP contribution >= 0.6 is 0 Å². The van der Waals surface area contributed by atoms with Crippen molar-refractivity contribution in [3.05, 3.63) is 89.9 Å². The number of pyridine rings is 1. The zero-order valence-electron chi connectivity index (χ0n) is 16.3. The number of hydrogen-bond donors (Lipinski definition) is 1. The minimum absolute atomic E-state index is 0.0972. The number of amides is 2. The van der Waals surface area contributed by atoms with Gasteiger partial charge < -0.3 is 14.6 Å². The molecule has 1 aliphatic rings. The summed E-state index contributed by atoms with van der Waals surface area (Å²) in [6.45, 7) is 0.977. The molecule has 1 saturated heterocycles. The van der Waals surface area contributed by atoms with Gasteiger partial charge in [0.25, 0.3) is 5.91 Å². The molecule has 0 spiro atoms. The van der Waals surface area contributed by atoms with E-state index < -0.39 is 6.04 Å². The van der Waals surface area contributed by atoms with E-state index in [4.69, 9.17) is 4.42 Å². The van der Waals surface area contributed by atoms with Crippen molar-refractivity contribution in [3.8, 4) is 0 Å². The maximum atomic E-state index is 13.4. The van der Waals surface area contributed by atoms with Crippen LogP contribution in [0.5, 0.6) is 0 Å². The third kappa shape index (κ3) is 4.40. The molecule has 1 aromatic carbocycles. The molecule has 1 fully saturated rings. The van der Waals surface area contributed by atoms with Crippen molar-refractivity contribution in [2.45, 2.75) is 18.9 Å². The molecule has 0 aliphatic carbocycles. The fraction of sp³-hybridized carbons (Fsp3) is 0.261. The second kappa shape index (κ2) is 8.90. The van der Waals surface area contributed by atoms with E-state index in [1.54, 1.807) is 41.4 Å². The van der Waals surface area contributed by atoms with Crippen LogP contribution in [0.15, 0.2) is 71.5 Å². The van der Waals surface area contributed by atoms with E-state index >= 15 is 0 Å². The van der Waals surface area contributed by atoms with Gasteiger partial charge in [-0.05, 0) is 54.8 Å². The quantitative estimate of drug-likeness (QED) is 0.702. The van der Waals surface area contributed by atoms with Gasteiger partial charge >= 0.3 is 0 Å². The number of carbonyl (C=O) groups excluding carboxylic acids is 2.